The maximum Gasteiger partial charge on any atom is 0.270 e. The summed E-state index contributed by atoms with van der Waals surface area (Å²) in [5.74, 6) is -0.404. The molecule has 0 spiro atoms. The van der Waals surface area contributed by atoms with Gasteiger partial charge in [-0.3, -0.25) is 25.0 Å². The highest BCUT2D eigenvalue weighted by molar-refractivity contribution is 7.80. The predicted octanol–water partition coefficient (Wildman–Crippen LogP) is 4.42. The molecule has 0 bridgehead atoms. The molecule has 2 aromatic rings. The van der Waals surface area contributed by atoms with Crippen LogP contribution in [0.2, 0.25) is 5.02 Å². The van der Waals surface area contributed by atoms with Crippen LogP contribution in [0, 0.1) is 10.1 Å². The van der Waals surface area contributed by atoms with E-state index in [-0.39, 0.29) is 22.3 Å². The molecule has 0 atom stereocenters. The van der Waals surface area contributed by atoms with Gasteiger partial charge in [-0.2, -0.15) is 0 Å². The quantitative estimate of drug-likeness (QED) is 0.304. The molecule has 2 heterocycles. The van der Waals surface area contributed by atoms with E-state index in [4.69, 9.17) is 23.8 Å². The smallest absolute Gasteiger partial charge is 0.270 e. The van der Waals surface area contributed by atoms with Gasteiger partial charge in [-0.25, -0.2) is 0 Å². The lowest BCUT2D eigenvalue weighted by Gasteiger charge is -2.37. The molecule has 38 heavy (non-hydrogen) atoms. The number of non-ortho nitro benzene ring substituents is 1. The molecular formula is C26H31ClN6O4S. The first kappa shape index (κ1) is 27.6. The van der Waals surface area contributed by atoms with Gasteiger partial charge in [0.05, 0.1) is 32.6 Å². The fraction of sp³-hybridized carbons (Fsp3) is 0.423. The molecule has 10 nitrogen and oxygen atoms in total. The summed E-state index contributed by atoms with van der Waals surface area (Å²) in [6.07, 6.45) is 3.58. The van der Waals surface area contributed by atoms with Gasteiger partial charge in [-0.05, 0) is 49.7 Å². The maximum absolute atomic E-state index is 13.3. The Labute approximate surface area is 232 Å². The number of piperidine rings is 1. The number of piperazine rings is 1. The van der Waals surface area contributed by atoms with Crippen molar-refractivity contribution in [1.82, 2.24) is 10.2 Å². The number of hydrogen-bond acceptors (Lipinski definition) is 7. The predicted molar refractivity (Wildman–Crippen MR) is 153 cm³/mol. The lowest BCUT2D eigenvalue weighted by Crippen LogP contribution is -2.49. The zero-order valence-corrected chi connectivity index (χ0v) is 22.8. The summed E-state index contributed by atoms with van der Waals surface area (Å²) in [7, 11) is 0. The number of halogens is 1. The Morgan fingerprint density at radius 2 is 1.74 bits per heavy atom. The Bertz CT molecular complexity index is 1230. The highest BCUT2D eigenvalue weighted by atomic mass is 35.5. The van der Waals surface area contributed by atoms with E-state index in [1.807, 2.05) is 17.9 Å². The zero-order valence-electron chi connectivity index (χ0n) is 21.2. The van der Waals surface area contributed by atoms with Gasteiger partial charge < -0.3 is 20.0 Å². The third kappa shape index (κ3) is 6.33. The normalized spacial score (nSPS) is 15.7. The van der Waals surface area contributed by atoms with Gasteiger partial charge in [-0.1, -0.05) is 24.6 Å². The van der Waals surface area contributed by atoms with E-state index in [9.17, 15) is 19.7 Å². The Balaban J connectivity index is 1.50. The first-order valence-corrected chi connectivity index (χ1v) is 13.5. The molecule has 2 aromatic carbocycles. The Morgan fingerprint density at radius 3 is 2.39 bits per heavy atom. The van der Waals surface area contributed by atoms with Crippen molar-refractivity contribution in [2.45, 2.75) is 32.6 Å². The lowest BCUT2D eigenvalue weighted by atomic mass is 10.1. The van der Waals surface area contributed by atoms with E-state index < -0.39 is 10.8 Å². The van der Waals surface area contributed by atoms with Crippen LogP contribution in [0.3, 0.4) is 0 Å². The Kier molecular flexibility index (Phi) is 9.01. The monoisotopic (exact) mass is 558 g/mol. The number of amides is 2. The van der Waals surface area contributed by atoms with Crippen molar-refractivity contribution in [3.63, 3.8) is 0 Å². The molecule has 0 unspecified atom stereocenters. The van der Waals surface area contributed by atoms with Gasteiger partial charge in [-0.15, -0.1) is 0 Å². The molecule has 2 amide bonds. The maximum atomic E-state index is 13.3. The summed E-state index contributed by atoms with van der Waals surface area (Å²) in [6, 6.07) is 9.72. The van der Waals surface area contributed by atoms with Crippen LogP contribution in [-0.2, 0) is 4.79 Å². The van der Waals surface area contributed by atoms with E-state index in [1.165, 1.54) is 12.1 Å². The van der Waals surface area contributed by atoms with Crippen LogP contribution in [-0.4, -0.2) is 66.0 Å². The third-order valence-corrected chi connectivity index (χ3v) is 7.35. The molecule has 0 aromatic heterocycles. The summed E-state index contributed by atoms with van der Waals surface area (Å²) in [5.41, 5.74) is 2.05. The molecule has 2 aliphatic rings. The second-order valence-corrected chi connectivity index (χ2v) is 10.1. The summed E-state index contributed by atoms with van der Waals surface area (Å²) in [6.45, 7) is 5.80. The lowest BCUT2D eigenvalue weighted by molar-refractivity contribution is -0.384. The third-order valence-electron chi connectivity index (χ3n) is 6.85. The van der Waals surface area contributed by atoms with Gasteiger partial charge in [0.25, 0.3) is 11.6 Å². The van der Waals surface area contributed by atoms with Crippen molar-refractivity contribution < 1.29 is 14.5 Å². The number of rotatable bonds is 6. The molecule has 202 valence electrons. The second-order valence-electron chi connectivity index (χ2n) is 9.27. The van der Waals surface area contributed by atoms with Crippen molar-refractivity contribution >= 4 is 63.5 Å². The van der Waals surface area contributed by atoms with Crippen LogP contribution in [0.25, 0.3) is 0 Å². The number of benzene rings is 2. The summed E-state index contributed by atoms with van der Waals surface area (Å²) >= 11 is 12.0. The number of nitrogens with one attached hydrogen (secondary N) is 2. The molecule has 2 fully saturated rings. The van der Waals surface area contributed by atoms with E-state index in [0.29, 0.717) is 49.0 Å². The first-order chi connectivity index (χ1) is 18.3. The fourth-order valence-electron chi connectivity index (χ4n) is 4.89. The highest BCUT2D eigenvalue weighted by Gasteiger charge is 2.25. The SMILES string of the molecule is CCC(=O)N1CCN(c2c(Cl)cccc2NC(=S)NC(=O)c2cc([N+](=O)[O-])ccc2N2CCCCC2)CC1. The standard InChI is InChI=1S/C26H31ClN6O4S/c1-2-23(34)31-13-15-32(16-14-31)24-20(27)7-6-8-21(24)28-26(38)29-25(35)19-17-18(33(36)37)9-10-22(19)30-11-4-3-5-12-30/h6-10,17H,2-5,11-16H2,1H3,(H2,28,29,35,38). The minimum absolute atomic E-state index is 0.0504. The van der Waals surface area contributed by atoms with Crippen LogP contribution in [0.1, 0.15) is 43.0 Å². The molecule has 0 saturated carbocycles. The Morgan fingerprint density at radius 1 is 1.03 bits per heavy atom. The van der Waals surface area contributed by atoms with Crippen molar-refractivity contribution in [2.75, 3.05) is 54.4 Å². The number of carbonyl (C=O) groups excluding carboxylic acids is 2. The molecule has 2 N–H and O–H groups in total. The van der Waals surface area contributed by atoms with Crippen LogP contribution in [0.15, 0.2) is 36.4 Å². The number of carbonyl (C=O) groups is 2. The Hall–Kier alpha value is -3.44. The van der Waals surface area contributed by atoms with Gasteiger partial charge in [0.2, 0.25) is 5.91 Å². The van der Waals surface area contributed by atoms with E-state index in [0.717, 1.165) is 38.0 Å². The van der Waals surface area contributed by atoms with E-state index >= 15 is 0 Å². The number of nitro groups is 1. The summed E-state index contributed by atoms with van der Waals surface area (Å²) < 4.78 is 0. The average molecular weight is 559 g/mol. The molecule has 2 aliphatic heterocycles. The highest BCUT2D eigenvalue weighted by Crippen LogP contribution is 2.35. The minimum Gasteiger partial charge on any atom is -0.371 e. The number of para-hydroxylation sites is 1. The zero-order chi connectivity index (χ0) is 27.2. The van der Waals surface area contributed by atoms with Crippen molar-refractivity contribution in [3.05, 3.63) is 57.1 Å². The largest absolute Gasteiger partial charge is 0.371 e. The van der Waals surface area contributed by atoms with Crippen LogP contribution in [0.5, 0.6) is 0 Å². The molecule has 0 radical (unpaired) electrons. The van der Waals surface area contributed by atoms with Gasteiger partial charge in [0.15, 0.2) is 5.11 Å². The van der Waals surface area contributed by atoms with Crippen LogP contribution >= 0.6 is 23.8 Å². The molecule has 4 rings (SSSR count). The molecule has 12 heteroatoms. The second kappa shape index (κ2) is 12.4. The summed E-state index contributed by atoms with van der Waals surface area (Å²) in [4.78, 5) is 42.3. The van der Waals surface area contributed by atoms with Gasteiger partial charge in [0, 0.05) is 57.8 Å². The number of anilines is 3. The molecule has 0 aliphatic carbocycles. The molecular weight excluding hydrogens is 528 g/mol. The minimum atomic E-state index is -0.526. The number of hydrogen-bond donors (Lipinski definition) is 2. The number of thiocarbonyl (C=S) groups is 1. The van der Waals surface area contributed by atoms with Gasteiger partial charge >= 0.3 is 0 Å². The number of nitrogens with zero attached hydrogens (tertiary/aromatic N) is 4. The number of nitro benzene ring substituents is 1. The topological polar surface area (TPSA) is 111 Å². The van der Waals surface area contributed by atoms with Crippen molar-refractivity contribution in [1.29, 1.82) is 0 Å². The summed E-state index contributed by atoms with van der Waals surface area (Å²) in [5, 5.41) is 17.7. The van der Waals surface area contributed by atoms with E-state index in [2.05, 4.69) is 20.4 Å². The van der Waals surface area contributed by atoms with Crippen molar-refractivity contribution in [2.24, 2.45) is 0 Å². The van der Waals surface area contributed by atoms with Crippen molar-refractivity contribution in [3.8, 4) is 0 Å². The van der Waals surface area contributed by atoms with E-state index in [1.54, 1.807) is 18.2 Å². The molecule has 2 saturated heterocycles. The average Bonchev–Trinajstić information content (AvgIpc) is 2.93. The van der Waals surface area contributed by atoms with Gasteiger partial charge in [0.1, 0.15) is 0 Å². The fourth-order valence-corrected chi connectivity index (χ4v) is 5.39. The van der Waals surface area contributed by atoms with Crippen LogP contribution in [0.4, 0.5) is 22.7 Å². The van der Waals surface area contributed by atoms with Crippen LogP contribution < -0.4 is 20.4 Å². The first-order valence-electron chi connectivity index (χ1n) is 12.8.